The van der Waals surface area contributed by atoms with Crippen molar-refractivity contribution in [3.8, 4) is 0 Å². The van der Waals surface area contributed by atoms with E-state index in [1.54, 1.807) is 6.92 Å². The highest BCUT2D eigenvalue weighted by Crippen LogP contribution is 2.13. The van der Waals surface area contributed by atoms with E-state index >= 15 is 0 Å². The van der Waals surface area contributed by atoms with E-state index in [0.717, 1.165) is 5.56 Å². The Kier molecular flexibility index (Phi) is 2.98. The number of Topliss-reactive ketones (excluding diaryl/α,β-unsaturated/α-hetero) is 1. The molecule has 0 saturated heterocycles. The van der Waals surface area contributed by atoms with Gasteiger partial charge in [-0.3, -0.25) is 4.79 Å². The van der Waals surface area contributed by atoms with Crippen LogP contribution in [0.5, 0.6) is 0 Å². The average Bonchev–Trinajstić information content (AvgIpc) is 2.17. The minimum atomic E-state index is -0.571. The van der Waals surface area contributed by atoms with Crippen molar-refractivity contribution in [2.45, 2.75) is 13.0 Å². The first-order valence-corrected chi connectivity index (χ1v) is 4.13. The molecule has 13 heavy (non-hydrogen) atoms. The van der Waals surface area contributed by atoms with Crippen molar-refractivity contribution in [1.82, 2.24) is 0 Å². The second-order valence-electron chi connectivity index (χ2n) is 3.03. The van der Waals surface area contributed by atoms with Gasteiger partial charge in [-0.25, -0.2) is 0 Å². The first kappa shape index (κ1) is 9.68. The van der Waals surface area contributed by atoms with Gasteiger partial charge in [-0.2, -0.15) is 0 Å². The molecule has 68 valence electrons. The van der Waals surface area contributed by atoms with E-state index in [2.05, 4.69) is 6.58 Å². The molecule has 0 unspecified atom stereocenters. The molecule has 0 saturated carbocycles. The summed E-state index contributed by atoms with van der Waals surface area (Å²) in [4.78, 5) is 11.4. The molecule has 0 amide bonds. The zero-order chi connectivity index (χ0) is 9.84. The Bertz CT molecular complexity index is 316. The Morgan fingerprint density at radius 2 is 1.92 bits per heavy atom. The van der Waals surface area contributed by atoms with Gasteiger partial charge in [-0.15, -0.1) is 0 Å². The fourth-order valence-electron chi connectivity index (χ4n) is 1.08. The summed E-state index contributed by atoms with van der Waals surface area (Å²) in [5.74, 6) is -0.105. The van der Waals surface area contributed by atoms with E-state index in [9.17, 15) is 4.79 Å². The predicted octanol–water partition coefficient (Wildman–Crippen LogP) is 1.83. The number of rotatable bonds is 3. The minimum absolute atomic E-state index is 0.105. The van der Waals surface area contributed by atoms with Gasteiger partial charge >= 0.3 is 0 Å². The highest BCUT2D eigenvalue weighted by molar-refractivity contribution is 5.98. The smallest absolute Gasteiger partial charge is 0.179 e. The topological polar surface area (TPSA) is 43.1 Å². The highest BCUT2D eigenvalue weighted by atomic mass is 16.1. The van der Waals surface area contributed by atoms with E-state index in [1.807, 2.05) is 30.3 Å². The molecule has 1 aromatic carbocycles. The summed E-state index contributed by atoms with van der Waals surface area (Å²) in [6.07, 6.45) is 0. The lowest BCUT2D eigenvalue weighted by Gasteiger charge is -2.09. The fraction of sp³-hybridized carbons (Fsp3) is 0.182. The summed E-state index contributed by atoms with van der Waals surface area (Å²) >= 11 is 0. The third-order valence-corrected chi connectivity index (χ3v) is 1.86. The van der Waals surface area contributed by atoms with Gasteiger partial charge in [0.05, 0.1) is 6.04 Å². The predicted molar refractivity (Wildman–Crippen MR) is 53.2 cm³/mol. The minimum Gasteiger partial charge on any atom is -0.318 e. The van der Waals surface area contributed by atoms with Crippen LogP contribution in [0.3, 0.4) is 0 Å². The summed E-state index contributed by atoms with van der Waals surface area (Å²) in [7, 11) is 0. The van der Waals surface area contributed by atoms with Gasteiger partial charge in [0.1, 0.15) is 0 Å². The summed E-state index contributed by atoms with van der Waals surface area (Å²) in [5.41, 5.74) is 7.05. The van der Waals surface area contributed by atoms with Crippen LogP contribution >= 0.6 is 0 Å². The maximum atomic E-state index is 11.4. The molecule has 0 bridgehead atoms. The molecular weight excluding hydrogens is 162 g/mol. The van der Waals surface area contributed by atoms with E-state index < -0.39 is 6.04 Å². The molecule has 0 fully saturated rings. The van der Waals surface area contributed by atoms with Gasteiger partial charge in [0.15, 0.2) is 5.78 Å². The number of hydrogen-bond donors (Lipinski definition) is 1. The molecule has 1 aromatic rings. The molecule has 0 heterocycles. The summed E-state index contributed by atoms with van der Waals surface area (Å²) in [6.45, 7) is 5.24. The monoisotopic (exact) mass is 175 g/mol. The van der Waals surface area contributed by atoms with Crippen molar-refractivity contribution in [2.24, 2.45) is 5.73 Å². The molecule has 2 nitrogen and oxygen atoms in total. The molecule has 2 heteroatoms. The second-order valence-corrected chi connectivity index (χ2v) is 3.03. The van der Waals surface area contributed by atoms with Crippen molar-refractivity contribution in [2.75, 3.05) is 0 Å². The Morgan fingerprint density at radius 1 is 1.38 bits per heavy atom. The number of carbonyl (C=O) groups excluding carboxylic acids is 1. The third-order valence-electron chi connectivity index (χ3n) is 1.86. The van der Waals surface area contributed by atoms with E-state index in [-0.39, 0.29) is 5.78 Å². The number of carbonyl (C=O) groups is 1. The summed E-state index contributed by atoms with van der Waals surface area (Å²) in [5, 5.41) is 0. The van der Waals surface area contributed by atoms with Crippen LogP contribution in [-0.2, 0) is 4.79 Å². The lowest BCUT2D eigenvalue weighted by atomic mass is 10.0. The van der Waals surface area contributed by atoms with Crippen LogP contribution in [0.1, 0.15) is 18.5 Å². The van der Waals surface area contributed by atoms with E-state index in [4.69, 9.17) is 5.73 Å². The van der Waals surface area contributed by atoms with Crippen LogP contribution in [0.25, 0.3) is 0 Å². The van der Waals surface area contributed by atoms with Crippen molar-refractivity contribution in [3.05, 3.63) is 48.0 Å². The summed E-state index contributed by atoms with van der Waals surface area (Å²) in [6, 6.07) is 8.72. The maximum absolute atomic E-state index is 11.4. The number of ketones is 1. The molecule has 0 aliphatic heterocycles. The van der Waals surface area contributed by atoms with Crippen LogP contribution in [0.2, 0.25) is 0 Å². The van der Waals surface area contributed by atoms with Crippen LogP contribution in [-0.4, -0.2) is 5.78 Å². The molecule has 0 aliphatic rings. The van der Waals surface area contributed by atoms with Gasteiger partial charge in [0.2, 0.25) is 0 Å². The maximum Gasteiger partial charge on any atom is 0.179 e. The van der Waals surface area contributed by atoms with Crippen molar-refractivity contribution in [3.63, 3.8) is 0 Å². The number of benzene rings is 1. The molecule has 1 atom stereocenters. The highest BCUT2D eigenvalue weighted by Gasteiger charge is 2.15. The molecule has 0 spiro atoms. The zero-order valence-corrected chi connectivity index (χ0v) is 7.66. The number of hydrogen-bond acceptors (Lipinski definition) is 2. The number of nitrogens with two attached hydrogens (primary N) is 1. The first-order valence-electron chi connectivity index (χ1n) is 4.13. The van der Waals surface area contributed by atoms with Crippen molar-refractivity contribution in [1.29, 1.82) is 0 Å². The van der Waals surface area contributed by atoms with E-state index in [0.29, 0.717) is 5.57 Å². The van der Waals surface area contributed by atoms with Gasteiger partial charge < -0.3 is 5.73 Å². The Morgan fingerprint density at radius 3 is 2.38 bits per heavy atom. The molecule has 0 radical (unpaired) electrons. The molecular formula is C11H13NO. The van der Waals surface area contributed by atoms with Crippen LogP contribution in [0.4, 0.5) is 0 Å². The zero-order valence-electron chi connectivity index (χ0n) is 7.66. The second kappa shape index (κ2) is 4.01. The fourth-order valence-corrected chi connectivity index (χ4v) is 1.08. The normalized spacial score (nSPS) is 12.2. The van der Waals surface area contributed by atoms with Crippen LogP contribution < -0.4 is 5.73 Å². The quantitative estimate of drug-likeness (QED) is 0.712. The Labute approximate surface area is 78.1 Å². The first-order chi connectivity index (χ1) is 6.13. The van der Waals surface area contributed by atoms with Crippen LogP contribution in [0, 0.1) is 0 Å². The standard InChI is InChI=1S/C11H13NO/c1-8(2)11(13)10(12)9-6-4-3-5-7-9/h3-7,10H,1,12H2,2H3/t10-/m1/s1. The molecule has 0 aliphatic carbocycles. The van der Waals surface area contributed by atoms with Crippen molar-refractivity contribution >= 4 is 5.78 Å². The van der Waals surface area contributed by atoms with Crippen LogP contribution in [0.15, 0.2) is 42.5 Å². The summed E-state index contributed by atoms with van der Waals surface area (Å²) < 4.78 is 0. The van der Waals surface area contributed by atoms with Gasteiger partial charge in [-0.05, 0) is 18.1 Å². The molecule has 2 N–H and O–H groups in total. The lowest BCUT2D eigenvalue weighted by molar-refractivity contribution is -0.116. The largest absolute Gasteiger partial charge is 0.318 e. The average molecular weight is 175 g/mol. The van der Waals surface area contributed by atoms with Gasteiger partial charge in [-0.1, -0.05) is 36.9 Å². The van der Waals surface area contributed by atoms with Gasteiger partial charge in [0.25, 0.3) is 0 Å². The Hall–Kier alpha value is -1.41. The lowest BCUT2D eigenvalue weighted by Crippen LogP contribution is -2.21. The van der Waals surface area contributed by atoms with Crippen molar-refractivity contribution < 1.29 is 4.79 Å². The SMILES string of the molecule is C=C(C)C(=O)[C@H](N)c1ccccc1. The van der Waals surface area contributed by atoms with Gasteiger partial charge in [0, 0.05) is 0 Å². The Balaban J connectivity index is 2.86. The molecule has 0 aromatic heterocycles. The molecule has 1 rings (SSSR count). The third kappa shape index (κ3) is 2.26. The van der Waals surface area contributed by atoms with E-state index in [1.165, 1.54) is 0 Å².